The number of anilines is 2. The first-order valence-electron chi connectivity index (χ1n) is 11.2. The molecule has 4 rings (SSSR count). The van der Waals surface area contributed by atoms with Gasteiger partial charge < -0.3 is 20.9 Å². The number of aromatic nitrogens is 3. The number of amides is 2. The molecule has 11 nitrogen and oxygen atoms in total. The smallest absolute Gasteiger partial charge is 0.253 e. The number of carbonyl (C=O) groups is 2. The van der Waals surface area contributed by atoms with Crippen molar-refractivity contribution in [3.05, 3.63) is 59.3 Å². The summed E-state index contributed by atoms with van der Waals surface area (Å²) in [4.78, 5) is 36.4. The first kappa shape index (κ1) is 23.6. The molecule has 0 saturated heterocycles. The highest BCUT2D eigenvalue weighted by Gasteiger charge is 2.28. The van der Waals surface area contributed by atoms with Gasteiger partial charge >= 0.3 is 0 Å². The van der Waals surface area contributed by atoms with Crippen LogP contribution >= 0.6 is 0 Å². The fourth-order valence-electron chi connectivity index (χ4n) is 3.61. The van der Waals surface area contributed by atoms with Crippen LogP contribution in [-0.4, -0.2) is 51.9 Å². The zero-order valence-corrected chi connectivity index (χ0v) is 19.9. The molecule has 0 radical (unpaired) electrons. The molecule has 2 aromatic rings. The summed E-state index contributed by atoms with van der Waals surface area (Å²) in [5.41, 5.74) is 6.78. The van der Waals surface area contributed by atoms with Gasteiger partial charge in [-0.2, -0.15) is 5.10 Å². The summed E-state index contributed by atoms with van der Waals surface area (Å²) >= 11 is 0. The zero-order chi connectivity index (χ0) is 25.1. The highest BCUT2D eigenvalue weighted by Crippen LogP contribution is 2.28. The third kappa shape index (κ3) is 4.74. The molecule has 2 aliphatic rings. The fraction of sp³-hybridized carbons (Fsp3) is 0.250. The minimum Gasteiger partial charge on any atom is -0.366 e. The van der Waals surface area contributed by atoms with E-state index in [1.165, 1.54) is 0 Å². The van der Waals surface area contributed by atoms with Gasteiger partial charge in [-0.15, -0.1) is 0 Å². The molecule has 0 aromatic carbocycles. The largest absolute Gasteiger partial charge is 0.366 e. The average Bonchev–Trinajstić information content (AvgIpc) is 3.45. The molecule has 0 fully saturated rings. The summed E-state index contributed by atoms with van der Waals surface area (Å²) in [5.74, 6) is 0.673. The molecule has 4 heterocycles. The summed E-state index contributed by atoms with van der Waals surface area (Å²) in [7, 11) is 1.57. The SMILES string of the molecule is C/C=C(\C=C1/C(=N)NN=C1c1nc2c([nH]1)NCC=C2C(=O)NC)c1cncc(NC(=O)C(C)C)c1. The third-order valence-electron chi connectivity index (χ3n) is 5.52. The Labute approximate surface area is 202 Å². The van der Waals surface area contributed by atoms with Crippen LogP contribution in [0.5, 0.6) is 0 Å². The maximum absolute atomic E-state index is 12.3. The summed E-state index contributed by atoms with van der Waals surface area (Å²) < 4.78 is 0. The van der Waals surface area contributed by atoms with E-state index in [0.717, 1.165) is 11.1 Å². The van der Waals surface area contributed by atoms with Crippen molar-refractivity contribution in [3.8, 4) is 0 Å². The Hall–Kier alpha value is -4.54. The Morgan fingerprint density at radius 2 is 2.06 bits per heavy atom. The van der Waals surface area contributed by atoms with E-state index < -0.39 is 0 Å². The van der Waals surface area contributed by atoms with Crippen LogP contribution in [0.4, 0.5) is 11.5 Å². The van der Waals surface area contributed by atoms with E-state index in [1.807, 2.05) is 39.0 Å². The van der Waals surface area contributed by atoms with E-state index >= 15 is 0 Å². The Morgan fingerprint density at radius 1 is 1.26 bits per heavy atom. The van der Waals surface area contributed by atoms with Crippen molar-refractivity contribution in [2.45, 2.75) is 20.8 Å². The van der Waals surface area contributed by atoms with E-state index in [9.17, 15) is 9.59 Å². The molecule has 35 heavy (non-hydrogen) atoms. The summed E-state index contributed by atoms with van der Waals surface area (Å²) in [6, 6.07) is 1.83. The van der Waals surface area contributed by atoms with Gasteiger partial charge in [0, 0.05) is 36.8 Å². The lowest BCUT2D eigenvalue weighted by molar-refractivity contribution is -0.119. The Balaban J connectivity index is 1.66. The van der Waals surface area contributed by atoms with Crippen LogP contribution in [0.3, 0.4) is 0 Å². The van der Waals surface area contributed by atoms with Crippen molar-refractivity contribution < 1.29 is 9.59 Å². The van der Waals surface area contributed by atoms with Gasteiger partial charge in [0.15, 0.2) is 5.82 Å². The van der Waals surface area contributed by atoms with Crippen LogP contribution in [0.1, 0.15) is 37.9 Å². The molecule has 0 aliphatic carbocycles. The lowest BCUT2D eigenvalue weighted by Gasteiger charge is -2.12. The highest BCUT2D eigenvalue weighted by atomic mass is 16.2. The van der Waals surface area contributed by atoms with Gasteiger partial charge in [-0.05, 0) is 24.6 Å². The van der Waals surface area contributed by atoms with Crippen molar-refractivity contribution in [1.82, 2.24) is 25.7 Å². The molecular formula is C24H27N9O2. The standard InChI is InChI=1S/C24H27N9O2/c1-5-13(14-8-15(11-27-10-14)29-23(34)12(2)3)9-17-19(32-33-20(17)25)22-30-18-16(24(35)26-4)6-7-28-21(18)31-22/h5-6,8-12,28H,7H2,1-4H3,(H2,25,33)(H,26,35)(H,29,34)(H,30,31)/b13-5+,17-9-. The number of pyridine rings is 1. The van der Waals surface area contributed by atoms with Crippen molar-refractivity contribution >= 4 is 46.0 Å². The molecule has 180 valence electrons. The quantitative estimate of drug-likeness (QED) is 0.377. The molecule has 0 unspecified atom stereocenters. The van der Waals surface area contributed by atoms with Gasteiger partial charge in [0.1, 0.15) is 23.1 Å². The minimum absolute atomic E-state index is 0.0962. The molecule has 6 N–H and O–H groups in total. The number of hydrogen-bond donors (Lipinski definition) is 6. The number of nitrogens with zero attached hydrogens (tertiary/aromatic N) is 3. The first-order chi connectivity index (χ1) is 16.8. The number of fused-ring (bicyclic) bond motifs is 1. The number of carbonyl (C=O) groups excluding carboxylic acids is 2. The second-order valence-electron chi connectivity index (χ2n) is 8.24. The second-order valence-corrected chi connectivity index (χ2v) is 8.24. The van der Waals surface area contributed by atoms with Gasteiger partial charge in [-0.1, -0.05) is 26.0 Å². The van der Waals surface area contributed by atoms with E-state index in [2.05, 4.69) is 41.4 Å². The lowest BCUT2D eigenvalue weighted by Crippen LogP contribution is -2.22. The fourth-order valence-corrected chi connectivity index (χ4v) is 3.61. The summed E-state index contributed by atoms with van der Waals surface area (Å²) in [5, 5.41) is 21.3. The number of aromatic amines is 1. The van der Waals surface area contributed by atoms with Crippen LogP contribution < -0.4 is 21.4 Å². The number of amidine groups is 1. The van der Waals surface area contributed by atoms with Crippen LogP contribution in [0.15, 0.2) is 47.4 Å². The van der Waals surface area contributed by atoms with Gasteiger partial charge in [-0.25, -0.2) is 4.98 Å². The molecule has 0 saturated carbocycles. The Bertz CT molecular complexity index is 1330. The molecular weight excluding hydrogens is 446 g/mol. The number of nitrogens with one attached hydrogen (secondary N) is 6. The Morgan fingerprint density at radius 3 is 2.77 bits per heavy atom. The number of rotatable bonds is 6. The normalized spacial score (nSPS) is 16.3. The number of allylic oxidation sites excluding steroid dienone is 3. The number of likely N-dealkylation sites (N-methyl/N-ethyl adjacent to an activating group) is 1. The number of hydrogen-bond acceptors (Lipinski definition) is 7. The average molecular weight is 474 g/mol. The monoisotopic (exact) mass is 473 g/mol. The molecule has 0 bridgehead atoms. The van der Waals surface area contributed by atoms with E-state index in [-0.39, 0.29) is 23.6 Å². The minimum atomic E-state index is -0.228. The molecule has 11 heteroatoms. The zero-order valence-electron chi connectivity index (χ0n) is 19.9. The predicted octanol–water partition coefficient (Wildman–Crippen LogP) is 2.27. The number of H-pyrrole nitrogens is 1. The first-order valence-corrected chi connectivity index (χ1v) is 11.2. The van der Waals surface area contributed by atoms with Gasteiger partial charge in [0.2, 0.25) is 5.91 Å². The molecule has 0 spiro atoms. The van der Waals surface area contributed by atoms with Gasteiger partial charge in [0.25, 0.3) is 5.91 Å². The van der Waals surface area contributed by atoms with Crippen LogP contribution in [-0.2, 0) is 9.59 Å². The number of imidazole rings is 1. The second kappa shape index (κ2) is 9.75. The lowest BCUT2D eigenvalue weighted by atomic mass is 10.0. The highest BCUT2D eigenvalue weighted by molar-refractivity contribution is 6.32. The third-order valence-corrected chi connectivity index (χ3v) is 5.52. The maximum Gasteiger partial charge on any atom is 0.253 e. The van der Waals surface area contributed by atoms with Crippen molar-refractivity contribution in [3.63, 3.8) is 0 Å². The molecule has 2 aromatic heterocycles. The Kier molecular flexibility index (Phi) is 6.58. The van der Waals surface area contributed by atoms with E-state index in [1.54, 1.807) is 25.5 Å². The van der Waals surface area contributed by atoms with Crippen molar-refractivity contribution in [2.24, 2.45) is 11.0 Å². The van der Waals surface area contributed by atoms with E-state index in [4.69, 9.17) is 5.41 Å². The van der Waals surface area contributed by atoms with Gasteiger partial charge in [-0.3, -0.25) is 25.4 Å². The van der Waals surface area contributed by atoms with Crippen LogP contribution in [0.2, 0.25) is 0 Å². The summed E-state index contributed by atoms with van der Waals surface area (Å²) in [6.07, 6.45) is 8.76. The maximum atomic E-state index is 12.3. The van der Waals surface area contributed by atoms with Crippen LogP contribution in [0.25, 0.3) is 11.1 Å². The summed E-state index contributed by atoms with van der Waals surface area (Å²) in [6.45, 7) is 6.01. The predicted molar refractivity (Wildman–Crippen MR) is 136 cm³/mol. The molecule has 2 aliphatic heterocycles. The van der Waals surface area contributed by atoms with E-state index in [0.29, 0.717) is 46.4 Å². The van der Waals surface area contributed by atoms with Crippen molar-refractivity contribution in [1.29, 1.82) is 5.41 Å². The van der Waals surface area contributed by atoms with Crippen molar-refractivity contribution in [2.75, 3.05) is 24.2 Å². The number of hydrazone groups is 1. The van der Waals surface area contributed by atoms with Gasteiger partial charge in [0.05, 0.1) is 17.5 Å². The molecule has 2 amide bonds. The molecule has 0 atom stereocenters. The topological polar surface area (TPSA) is 160 Å². The van der Waals surface area contributed by atoms with Crippen LogP contribution in [0, 0.1) is 11.3 Å².